The van der Waals surface area contributed by atoms with E-state index in [1.54, 1.807) is 38.2 Å². The lowest BCUT2D eigenvalue weighted by molar-refractivity contribution is 0.0899. The first-order chi connectivity index (χ1) is 14.2. The Morgan fingerprint density at radius 3 is 2.59 bits per heavy atom. The Morgan fingerprint density at radius 2 is 1.93 bits per heavy atom. The Kier molecular flexibility index (Phi) is 6.87. The molecule has 0 spiro atoms. The van der Waals surface area contributed by atoms with Crippen LogP contribution in [0, 0.1) is 11.8 Å². The van der Waals surface area contributed by atoms with E-state index in [0.29, 0.717) is 29.6 Å². The topological polar surface area (TPSA) is 91.3 Å². The standard InChI is InChI=1S/C21H26N6O2/c1-3-4-12-27-18(19(22-2)25-21(27)26-13-10-23-11-14-26)20(29)24-15-17(28)16-8-6-5-7-9-16/h5-9,22-23H,10-15H2,1-2H3,(H,24,29). The summed E-state index contributed by atoms with van der Waals surface area (Å²) in [5.41, 5.74) is 0.943. The van der Waals surface area contributed by atoms with Gasteiger partial charge in [-0.25, -0.2) is 0 Å². The number of hydrogen-bond donors (Lipinski definition) is 3. The maximum atomic E-state index is 13.0. The number of nitrogens with one attached hydrogen (secondary N) is 3. The quantitative estimate of drug-likeness (QED) is 0.479. The Morgan fingerprint density at radius 1 is 1.21 bits per heavy atom. The number of amides is 1. The molecule has 0 bridgehead atoms. The molecule has 3 N–H and O–H groups in total. The van der Waals surface area contributed by atoms with Crippen molar-refractivity contribution in [1.82, 2.24) is 20.2 Å². The number of rotatable bonds is 7. The number of nitrogens with zero attached hydrogens (tertiary/aromatic N) is 3. The van der Waals surface area contributed by atoms with Gasteiger partial charge >= 0.3 is 0 Å². The highest BCUT2D eigenvalue weighted by Gasteiger charge is 2.26. The van der Waals surface area contributed by atoms with E-state index < -0.39 is 0 Å². The van der Waals surface area contributed by atoms with E-state index in [4.69, 9.17) is 0 Å². The number of anilines is 2. The first kappa shape index (κ1) is 20.4. The third-order valence-corrected chi connectivity index (χ3v) is 4.72. The Bertz CT molecular complexity index is 920. The zero-order chi connectivity index (χ0) is 20.6. The maximum Gasteiger partial charge on any atom is 0.272 e. The molecule has 1 aromatic heterocycles. The highest BCUT2D eigenvalue weighted by atomic mass is 16.2. The van der Waals surface area contributed by atoms with Crippen molar-refractivity contribution in [2.24, 2.45) is 0 Å². The molecule has 0 unspecified atom stereocenters. The molecule has 0 atom stereocenters. The minimum Gasteiger partial charge on any atom is -0.371 e. The van der Waals surface area contributed by atoms with Crippen LogP contribution in [0.3, 0.4) is 0 Å². The van der Waals surface area contributed by atoms with Gasteiger partial charge in [-0.2, -0.15) is 4.98 Å². The van der Waals surface area contributed by atoms with Gasteiger partial charge in [0.15, 0.2) is 17.3 Å². The van der Waals surface area contributed by atoms with Gasteiger partial charge in [0.1, 0.15) is 0 Å². The van der Waals surface area contributed by atoms with Crippen LogP contribution in [0.4, 0.5) is 11.8 Å². The van der Waals surface area contributed by atoms with E-state index in [1.165, 1.54) is 0 Å². The molecule has 152 valence electrons. The van der Waals surface area contributed by atoms with Crippen molar-refractivity contribution in [2.75, 3.05) is 50.0 Å². The van der Waals surface area contributed by atoms with Gasteiger partial charge in [-0.3, -0.25) is 14.2 Å². The van der Waals surface area contributed by atoms with Crippen LogP contribution in [-0.4, -0.2) is 61.0 Å². The highest BCUT2D eigenvalue weighted by molar-refractivity contribution is 6.03. The van der Waals surface area contributed by atoms with Crippen LogP contribution in [0.15, 0.2) is 30.3 Å². The summed E-state index contributed by atoms with van der Waals surface area (Å²) in [7, 11) is 1.73. The molecular weight excluding hydrogens is 368 g/mol. The number of hydrogen-bond acceptors (Lipinski definition) is 6. The molecular formula is C21H26N6O2. The summed E-state index contributed by atoms with van der Waals surface area (Å²) in [6.45, 7) is 5.33. The van der Waals surface area contributed by atoms with Crippen molar-refractivity contribution < 1.29 is 9.59 Å². The van der Waals surface area contributed by atoms with E-state index in [-0.39, 0.29) is 18.2 Å². The first-order valence-corrected chi connectivity index (χ1v) is 9.65. The van der Waals surface area contributed by atoms with Gasteiger partial charge < -0.3 is 20.9 Å². The molecule has 0 aliphatic carbocycles. The minimum absolute atomic E-state index is 0.0837. The second kappa shape index (κ2) is 9.75. The molecule has 1 aliphatic rings. The monoisotopic (exact) mass is 394 g/mol. The second-order valence-corrected chi connectivity index (χ2v) is 6.58. The van der Waals surface area contributed by atoms with E-state index in [1.807, 2.05) is 10.6 Å². The molecule has 29 heavy (non-hydrogen) atoms. The third-order valence-electron chi connectivity index (χ3n) is 4.72. The average molecular weight is 394 g/mol. The molecule has 1 amide bonds. The lowest BCUT2D eigenvalue weighted by Gasteiger charge is -2.28. The van der Waals surface area contributed by atoms with Gasteiger partial charge in [0.25, 0.3) is 5.91 Å². The maximum absolute atomic E-state index is 13.0. The molecule has 1 aromatic carbocycles. The van der Waals surface area contributed by atoms with E-state index in [9.17, 15) is 9.59 Å². The smallest absolute Gasteiger partial charge is 0.272 e. The SMILES string of the molecule is CC#CCn1c(N2CCNCC2)nc(NC)c1C(=O)NCC(=O)c1ccccc1. The van der Waals surface area contributed by atoms with E-state index in [2.05, 4.69) is 37.7 Å². The Hall–Kier alpha value is -3.31. The van der Waals surface area contributed by atoms with Crippen molar-refractivity contribution in [3.05, 3.63) is 41.6 Å². The second-order valence-electron chi connectivity index (χ2n) is 6.58. The number of imidazole rings is 1. The van der Waals surface area contributed by atoms with Crippen LogP contribution in [0.25, 0.3) is 0 Å². The van der Waals surface area contributed by atoms with Crippen LogP contribution < -0.4 is 20.9 Å². The number of carbonyl (C=O) groups excluding carboxylic acids is 2. The fourth-order valence-electron chi connectivity index (χ4n) is 3.23. The number of aromatic nitrogens is 2. The highest BCUT2D eigenvalue weighted by Crippen LogP contribution is 2.24. The van der Waals surface area contributed by atoms with E-state index >= 15 is 0 Å². The number of piperazine rings is 1. The van der Waals surface area contributed by atoms with Gasteiger partial charge in [0.2, 0.25) is 5.95 Å². The van der Waals surface area contributed by atoms with Crippen LogP contribution in [0.2, 0.25) is 0 Å². The zero-order valence-electron chi connectivity index (χ0n) is 16.8. The molecule has 1 aliphatic heterocycles. The third kappa shape index (κ3) is 4.76. The van der Waals surface area contributed by atoms with Crippen LogP contribution in [0.1, 0.15) is 27.8 Å². The summed E-state index contributed by atoms with van der Waals surface area (Å²) in [5, 5.41) is 9.06. The van der Waals surface area contributed by atoms with Crippen molar-refractivity contribution in [3.8, 4) is 11.8 Å². The fraction of sp³-hybridized carbons (Fsp3) is 0.381. The Balaban J connectivity index is 1.85. The molecule has 1 fully saturated rings. The first-order valence-electron chi connectivity index (χ1n) is 9.65. The summed E-state index contributed by atoms with van der Waals surface area (Å²) >= 11 is 0. The number of ketones is 1. The predicted molar refractivity (Wildman–Crippen MR) is 113 cm³/mol. The average Bonchev–Trinajstić information content (AvgIpc) is 3.15. The predicted octanol–water partition coefficient (Wildman–Crippen LogP) is 0.970. The number of Topliss-reactive ketones (excluding diaryl/α,β-unsaturated/α-hetero) is 1. The summed E-state index contributed by atoms with van der Waals surface area (Å²) < 4.78 is 1.82. The normalized spacial score (nSPS) is 13.4. The molecule has 2 aromatic rings. The molecule has 1 saturated heterocycles. The molecule has 0 saturated carbocycles. The zero-order valence-corrected chi connectivity index (χ0v) is 16.8. The molecule has 8 heteroatoms. The molecule has 8 nitrogen and oxygen atoms in total. The fourth-order valence-corrected chi connectivity index (χ4v) is 3.23. The van der Waals surface area contributed by atoms with Gasteiger partial charge in [0.05, 0.1) is 13.1 Å². The minimum atomic E-state index is -0.356. The largest absolute Gasteiger partial charge is 0.371 e. The van der Waals surface area contributed by atoms with Gasteiger partial charge in [-0.15, -0.1) is 5.92 Å². The van der Waals surface area contributed by atoms with Crippen LogP contribution in [0.5, 0.6) is 0 Å². The van der Waals surface area contributed by atoms with Crippen molar-refractivity contribution >= 4 is 23.5 Å². The van der Waals surface area contributed by atoms with Crippen molar-refractivity contribution in [2.45, 2.75) is 13.5 Å². The summed E-state index contributed by atoms with van der Waals surface area (Å²) in [5.74, 6) is 6.58. The molecule has 0 radical (unpaired) electrons. The lowest BCUT2D eigenvalue weighted by Crippen LogP contribution is -2.44. The molecule has 3 rings (SSSR count). The van der Waals surface area contributed by atoms with Gasteiger partial charge in [0, 0.05) is 38.8 Å². The molecule has 2 heterocycles. The van der Waals surface area contributed by atoms with E-state index in [0.717, 1.165) is 26.2 Å². The van der Waals surface area contributed by atoms with Crippen molar-refractivity contribution in [3.63, 3.8) is 0 Å². The Labute approximate surface area is 170 Å². The lowest BCUT2D eigenvalue weighted by atomic mass is 10.1. The summed E-state index contributed by atoms with van der Waals surface area (Å²) in [6, 6.07) is 8.91. The van der Waals surface area contributed by atoms with Crippen LogP contribution >= 0.6 is 0 Å². The van der Waals surface area contributed by atoms with Gasteiger partial charge in [-0.1, -0.05) is 36.3 Å². The number of carbonyl (C=O) groups is 2. The summed E-state index contributed by atoms with van der Waals surface area (Å²) in [4.78, 5) is 32.1. The van der Waals surface area contributed by atoms with Crippen LogP contribution in [-0.2, 0) is 6.54 Å². The summed E-state index contributed by atoms with van der Waals surface area (Å²) in [6.07, 6.45) is 0. The van der Waals surface area contributed by atoms with Gasteiger partial charge in [-0.05, 0) is 6.92 Å². The van der Waals surface area contributed by atoms with Crippen molar-refractivity contribution in [1.29, 1.82) is 0 Å². The number of benzene rings is 1.